The second-order valence-corrected chi connectivity index (χ2v) is 7.84. The number of fused-ring (bicyclic) bond motifs is 2. The summed E-state index contributed by atoms with van der Waals surface area (Å²) in [5.41, 5.74) is 2.78. The van der Waals surface area contributed by atoms with Crippen molar-refractivity contribution in [3.05, 3.63) is 45.9 Å². The number of benzene rings is 2. The fraction of sp³-hybridized carbons (Fsp3) is 0.333. The smallest absolute Gasteiger partial charge is 0.265 e. The van der Waals surface area contributed by atoms with Crippen LogP contribution in [0.15, 0.2) is 34.8 Å². The van der Waals surface area contributed by atoms with Crippen LogP contribution in [0.25, 0.3) is 0 Å². The molecule has 0 fully saturated rings. The molecule has 2 heterocycles. The Morgan fingerprint density at radius 2 is 1.86 bits per heavy atom. The molecule has 0 N–H and O–H groups in total. The van der Waals surface area contributed by atoms with Crippen LogP contribution in [0.3, 0.4) is 0 Å². The van der Waals surface area contributed by atoms with Crippen molar-refractivity contribution >= 4 is 33.4 Å². The molecule has 2 aromatic carbocycles. The molecule has 0 saturated carbocycles. The van der Waals surface area contributed by atoms with Gasteiger partial charge in [0.1, 0.15) is 12.3 Å². The van der Waals surface area contributed by atoms with E-state index in [-0.39, 0.29) is 25.0 Å². The molecule has 0 saturated heterocycles. The van der Waals surface area contributed by atoms with Gasteiger partial charge in [-0.15, -0.1) is 0 Å². The normalized spacial score (nSPS) is 15.3. The van der Waals surface area contributed by atoms with Crippen molar-refractivity contribution in [3.63, 3.8) is 0 Å². The molecule has 0 spiro atoms. The van der Waals surface area contributed by atoms with Gasteiger partial charge in [-0.2, -0.15) is 0 Å². The maximum atomic E-state index is 13.0. The quantitative estimate of drug-likeness (QED) is 0.701. The van der Waals surface area contributed by atoms with Crippen molar-refractivity contribution in [2.24, 2.45) is 0 Å². The molecule has 2 aliphatic rings. The van der Waals surface area contributed by atoms with E-state index >= 15 is 0 Å². The highest BCUT2D eigenvalue weighted by Gasteiger charge is 2.30. The first kappa shape index (κ1) is 19.6. The first-order valence-electron chi connectivity index (χ1n) is 9.24. The fourth-order valence-corrected chi connectivity index (χ4v) is 4.02. The first-order chi connectivity index (χ1) is 14.0. The number of halogens is 1. The molecule has 4 rings (SSSR count). The summed E-state index contributed by atoms with van der Waals surface area (Å²) >= 11 is 3.40. The monoisotopic (exact) mass is 460 g/mol. The molecule has 2 aromatic rings. The summed E-state index contributed by atoms with van der Waals surface area (Å²) in [6, 6.07) is 9.30. The van der Waals surface area contributed by atoms with E-state index in [0.29, 0.717) is 36.0 Å². The van der Waals surface area contributed by atoms with E-state index in [2.05, 4.69) is 15.9 Å². The van der Waals surface area contributed by atoms with Gasteiger partial charge in [0.15, 0.2) is 18.1 Å². The number of hydrogen-bond acceptors (Lipinski definition) is 5. The van der Waals surface area contributed by atoms with Crippen molar-refractivity contribution in [2.45, 2.75) is 13.0 Å². The molecule has 0 aliphatic carbocycles. The lowest BCUT2D eigenvalue weighted by Crippen LogP contribution is -2.47. The number of carbonyl (C=O) groups is 2. The van der Waals surface area contributed by atoms with Crippen LogP contribution in [-0.4, -0.2) is 50.6 Å². The third-order valence-corrected chi connectivity index (χ3v) is 5.72. The molecule has 0 unspecified atom stereocenters. The summed E-state index contributed by atoms with van der Waals surface area (Å²) in [4.78, 5) is 28.7. The molecule has 8 heteroatoms. The van der Waals surface area contributed by atoms with E-state index in [1.807, 2.05) is 18.2 Å². The zero-order valence-corrected chi connectivity index (χ0v) is 17.8. The molecule has 0 radical (unpaired) electrons. The number of anilines is 1. The van der Waals surface area contributed by atoms with Gasteiger partial charge in [0, 0.05) is 17.6 Å². The van der Waals surface area contributed by atoms with E-state index in [9.17, 15) is 9.59 Å². The number of amides is 2. The first-order valence-corrected chi connectivity index (χ1v) is 10.0. The average Bonchev–Trinajstić information content (AvgIpc) is 2.74. The predicted molar refractivity (Wildman–Crippen MR) is 111 cm³/mol. The van der Waals surface area contributed by atoms with Crippen LogP contribution in [0.5, 0.6) is 17.2 Å². The molecule has 152 valence electrons. The van der Waals surface area contributed by atoms with Crippen molar-refractivity contribution < 1.29 is 23.8 Å². The summed E-state index contributed by atoms with van der Waals surface area (Å²) in [6.45, 7) is 0.975. The number of ether oxygens (including phenoxy) is 3. The summed E-state index contributed by atoms with van der Waals surface area (Å²) in [5.74, 6) is 1.59. The highest BCUT2D eigenvalue weighted by atomic mass is 79.9. The number of methoxy groups -OCH3 is 2. The van der Waals surface area contributed by atoms with Crippen LogP contribution < -0.4 is 19.1 Å². The Morgan fingerprint density at radius 1 is 1.14 bits per heavy atom. The van der Waals surface area contributed by atoms with E-state index < -0.39 is 0 Å². The fourth-order valence-electron chi connectivity index (χ4n) is 3.68. The molecule has 29 heavy (non-hydrogen) atoms. The molecular formula is C21H21BrN2O5. The SMILES string of the molecule is COc1cc2c(cc1OC)CN(C(=O)CN1C(=O)COc3cc(Br)ccc31)CC2. The Morgan fingerprint density at radius 3 is 2.59 bits per heavy atom. The van der Waals surface area contributed by atoms with Gasteiger partial charge in [-0.25, -0.2) is 0 Å². The largest absolute Gasteiger partial charge is 0.493 e. The van der Waals surface area contributed by atoms with Gasteiger partial charge in [-0.1, -0.05) is 15.9 Å². The summed E-state index contributed by atoms with van der Waals surface area (Å²) < 4.78 is 17.1. The second-order valence-electron chi connectivity index (χ2n) is 6.92. The van der Waals surface area contributed by atoms with E-state index in [0.717, 1.165) is 22.0 Å². The lowest BCUT2D eigenvalue weighted by molar-refractivity contribution is -0.132. The van der Waals surface area contributed by atoms with Crippen LogP contribution in [-0.2, 0) is 22.6 Å². The molecule has 0 atom stereocenters. The van der Waals surface area contributed by atoms with Crippen LogP contribution in [0.4, 0.5) is 5.69 Å². The van der Waals surface area contributed by atoms with Gasteiger partial charge < -0.3 is 19.1 Å². The number of hydrogen-bond donors (Lipinski definition) is 0. The summed E-state index contributed by atoms with van der Waals surface area (Å²) in [7, 11) is 3.20. The van der Waals surface area contributed by atoms with E-state index in [1.165, 1.54) is 4.90 Å². The molecular weight excluding hydrogens is 440 g/mol. The number of carbonyl (C=O) groups excluding carboxylic acids is 2. The van der Waals surface area contributed by atoms with Gasteiger partial charge in [0.05, 0.1) is 19.9 Å². The third kappa shape index (κ3) is 3.76. The van der Waals surface area contributed by atoms with Crippen molar-refractivity contribution in [3.8, 4) is 17.2 Å². The minimum Gasteiger partial charge on any atom is -0.493 e. The summed E-state index contributed by atoms with van der Waals surface area (Å²) in [6.07, 6.45) is 0.724. The minimum atomic E-state index is -0.225. The lowest BCUT2D eigenvalue weighted by atomic mass is 9.98. The number of nitrogens with zero attached hydrogens (tertiary/aromatic N) is 2. The molecule has 0 bridgehead atoms. The summed E-state index contributed by atoms with van der Waals surface area (Å²) in [5, 5.41) is 0. The van der Waals surface area contributed by atoms with Gasteiger partial charge in [-0.3, -0.25) is 14.5 Å². The van der Waals surface area contributed by atoms with Gasteiger partial charge >= 0.3 is 0 Å². The van der Waals surface area contributed by atoms with Crippen LogP contribution in [0.1, 0.15) is 11.1 Å². The van der Waals surface area contributed by atoms with Gasteiger partial charge in [0.2, 0.25) is 5.91 Å². The van der Waals surface area contributed by atoms with Crippen molar-refractivity contribution in [2.75, 3.05) is 38.8 Å². The highest BCUT2D eigenvalue weighted by Crippen LogP contribution is 2.35. The standard InChI is InChI=1S/C21H21BrN2O5/c1-27-18-7-13-5-6-23(10-14(13)8-19(18)28-2)20(25)11-24-16-4-3-15(22)9-17(16)29-12-21(24)26/h3-4,7-9H,5-6,10-12H2,1-2H3. The van der Waals surface area contributed by atoms with Gasteiger partial charge in [0.25, 0.3) is 5.91 Å². The Kier molecular flexibility index (Phi) is 5.36. The van der Waals surface area contributed by atoms with Gasteiger partial charge in [-0.05, 0) is 47.9 Å². The Labute approximate surface area is 177 Å². The minimum absolute atomic E-state index is 0.0144. The zero-order valence-electron chi connectivity index (χ0n) is 16.2. The predicted octanol–water partition coefficient (Wildman–Crippen LogP) is 2.78. The molecule has 7 nitrogen and oxygen atoms in total. The average molecular weight is 461 g/mol. The molecule has 2 aliphatic heterocycles. The van der Waals surface area contributed by atoms with Crippen LogP contribution >= 0.6 is 15.9 Å². The number of rotatable bonds is 4. The maximum Gasteiger partial charge on any atom is 0.265 e. The van der Waals surface area contributed by atoms with Crippen LogP contribution in [0.2, 0.25) is 0 Å². The topological polar surface area (TPSA) is 68.3 Å². The Balaban J connectivity index is 1.53. The molecule has 0 aromatic heterocycles. The van der Waals surface area contributed by atoms with E-state index in [4.69, 9.17) is 14.2 Å². The third-order valence-electron chi connectivity index (χ3n) is 5.23. The van der Waals surface area contributed by atoms with E-state index in [1.54, 1.807) is 31.3 Å². The Bertz CT molecular complexity index is 978. The second kappa shape index (κ2) is 7.94. The maximum absolute atomic E-state index is 13.0. The van der Waals surface area contributed by atoms with Crippen LogP contribution in [0, 0.1) is 0 Å². The molecule has 2 amide bonds. The zero-order chi connectivity index (χ0) is 20.5. The lowest BCUT2D eigenvalue weighted by Gasteiger charge is -2.33. The van der Waals surface area contributed by atoms with Crippen molar-refractivity contribution in [1.82, 2.24) is 4.90 Å². The highest BCUT2D eigenvalue weighted by molar-refractivity contribution is 9.10. The Hall–Kier alpha value is -2.74. The van der Waals surface area contributed by atoms with Crippen molar-refractivity contribution in [1.29, 1.82) is 0 Å².